The van der Waals surface area contributed by atoms with E-state index in [1.165, 1.54) is 63.6 Å². The molecule has 0 aliphatic heterocycles. The van der Waals surface area contributed by atoms with Crippen molar-refractivity contribution < 1.29 is 0 Å². The number of aromatic nitrogens is 1. The van der Waals surface area contributed by atoms with Crippen LogP contribution >= 0.6 is 11.3 Å². The number of hydrogen-bond acceptors (Lipinski definition) is 3. The summed E-state index contributed by atoms with van der Waals surface area (Å²) in [6.07, 6.45) is 0. The Bertz CT molecular complexity index is 3950. The molecule has 2 aromatic heterocycles. The third-order valence-corrected chi connectivity index (χ3v) is 14.3. The lowest BCUT2D eigenvalue weighted by molar-refractivity contribution is 1.18. The molecule has 13 rings (SSSR count). The monoisotopic (exact) mass is 859 g/mol. The summed E-state index contributed by atoms with van der Waals surface area (Å²) in [7, 11) is 0. The van der Waals surface area contributed by atoms with E-state index in [2.05, 4.69) is 263 Å². The Kier molecular flexibility index (Phi) is 9.03. The molecule has 0 radical (unpaired) electrons. The summed E-state index contributed by atoms with van der Waals surface area (Å²) in [6.45, 7) is 0. The van der Waals surface area contributed by atoms with Crippen molar-refractivity contribution >= 4 is 109 Å². The topological polar surface area (TPSA) is 11.4 Å². The molecule has 0 bridgehead atoms. The fourth-order valence-electron chi connectivity index (χ4n) is 10.2. The van der Waals surface area contributed by atoms with Crippen molar-refractivity contribution in [2.75, 3.05) is 9.80 Å². The Labute approximate surface area is 386 Å². The first-order valence-electron chi connectivity index (χ1n) is 22.5. The van der Waals surface area contributed by atoms with Gasteiger partial charge in [0, 0.05) is 60.4 Å². The zero-order chi connectivity index (χ0) is 43.6. The van der Waals surface area contributed by atoms with Crippen molar-refractivity contribution in [2.24, 2.45) is 0 Å². The summed E-state index contributed by atoms with van der Waals surface area (Å²) >= 11 is 1.86. The van der Waals surface area contributed by atoms with Gasteiger partial charge in [0.1, 0.15) is 0 Å². The highest BCUT2D eigenvalue weighted by atomic mass is 32.1. The molecule has 0 atom stereocenters. The van der Waals surface area contributed by atoms with Crippen LogP contribution in [0.4, 0.5) is 34.1 Å². The van der Waals surface area contributed by atoms with Gasteiger partial charge in [0.25, 0.3) is 0 Å². The fraction of sp³-hybridized carbons (Fsp3) is 0. The SMILES string of the molecule is c1ccc(N(c2cc(-c3cc4ccccc4c4ccccc34)cc(N(c3ccccc3)c3cccc4c3sc3ccccc34)c2)c2ccc3c4ccccc4n(-c4ccccc4)c3c2)cc1. The van der Waals surface area contributed by atoms with Crippen molar-refractivity contribution in [1.82, 2.24) is 4.57 Å². The number of anilines is 6. The minimum atomic E-state index is 1.05. The summed E-state index contributed by atoms with van der Waals surface area (Å²) in [5.41, 5.74) is 12.3. The number of thiophene rings is 1. The van der Waals surface area contributed by atoms with Gasteiger partial charge < -0.3 is 14.4 Å². The maximum Gasteiger partial charge on any atom is 0.0640 e. The summed E-state index contributed by atoms with van der Waals surface area (Å²) in [4.78, 5) is 4.90. The molecular formula is C62H41N3S. The van der Waals surface area contributed by atoms with Crippen molar-refractivity contribution in [2.45, 2.75) is 0 Å². The van der Waals surface area contributed by atoms with Crippen molar-refractivity contribution in [3.63, 3.8) is 0 Å². The van der Waals surface area contributed by atoms with E-state index in [9.17, 15) is 0 Å². The molecule has 0 fully saturated rings. The lowest BCUT2D eigenvalue weighted by atomic mass is 9.92. The van der Waals surface area contributed by atoms with Gasteiger partial charge in [0.2, 0.25) is 0 Å². The maximum atomic E-state index is 2.47. The predicted octanol–water partition coefficient (Wildman–Crippen LogP) is 18.1. The molecular weight excluding hydrogens is 819 g/mol. The van der Waals surface area contributed by atoms with Gasteiger partial charge in [-0.1, -0.05) is 158 Å². The molecule has 0 aliphatic carbocycles. The molecule has 0 saturated heterocycles. The zero-order valence-corrected chi connectivity index (χ0v) is 36.7. The van der Waals surface area contributed by atoms with E-state index in [1.807, 2.05) is 11.3 Å². The number of nitrogens with zero attached hydrogens (tertiary/aromatic N) is 3. The molecule has 0 aliphatic rings. The van der Waals surface area contributed by atoms with E-state index in [0.29, 0.717) is 0 Å². The van der Waals surface area contributed by atoms with Gasteiger partial charge in [-0.15, -0.1) is 11.3 Å². The van der Waals surface area contributed by atoms with Crippen LogP contribution in [0, 0.1) is 0 Å². The fourth-order valence-corrected chi connectivity index (χ4v) is 11.4. The van der Waals surface area contributed by atoms with Gasteiger partial charge in [-0.3, -0.25) is 0 Å². The van der Waals surface area contributed by atoms with E-state index < -0.39 is 0 Å². The van der Waals surface area contributed by atoms with Crippen LogP contribution in [-0.4, -0.2) is 4.57 Å². The van der Waals surface area contributed by atoms with Crippen LogP contribution in [0.25, 0.3) is 80.3 Å². The Morgan fingerprint density at radius 1 is 0.318 bits per heavy atom. The molecule has 0 amide bonds. The molecule has 3 nitrogen and oxygen atoms in total. The van der Waals surface area contributed by atoms with Gasteiger partial charge >= 0.3 is 0 Å². The van der Waals surface area contributed by atoms with E-state index in [-0.39, 0.29) is 0 Å². The second-order valence-corrected chi connectivity index (χ2v) is 18.0. The van der Waals surface area contributed by atoms with E-state index in [4.69, 9.17) is 0 Å². The third kappa shape index (κ3) is 6.26. The quantitative estimate of drug-likeness (QED) is 0.141. The highest BCUT2D eigenvalue weighted by molar-refractivity contribution is 7.26. The molecule has 2 heterocycles. The summed E-state index contributed by atoms with van der Waals surface area (Å²) in [5, 5.41) is 9.92. The lowest BCUT2D eigenvalue weighted by Gasteiger charge is -2.31. The van der Waals surface area contributed by atoms with Crippen LogP contribution in [0.3, 0.4) is 0 Å². The van der Waals surface area contributed by atoms with Gasteiger partial charge in [-0.05, 0) is 124 Å². The Hall–Kier alpha value is -8.44. The van der Waals surface area contributed by atoms with E-state index in [0.717, 1.165) is 50.9 Å². The standard InChI is InChI=1S/C62H41N3S/c1-4-20-44(21-5-1)63(47-35-36-54-53-29-14-16-32-58(53)65(60(54)41-47)46-24-8-3-9-25-46)48-37-43(57-39-42-19-10-11-26-50(42)51-27-12-13-28-52(51)57)38-49(40-48)64(45-22-6-2-7-23-45)59-33-18-31-56-55-30-15-17-34-61(55)66-62(56)59/h1-41H. The number of para-hydroxylation sites is 4. The van der Waals surface area contributed by atoms with E-state index >= 15 is 0 Å². The molecule has 0 unspecified atom stereocenters. The summed E-state index contributed by atoms with van der Waals surface area (Å²) in [6, 6.07) is 90.9. The summed E-state index contributed by atoms with van der Waals surface area (Å²) < 4.78 is 4.94. The predicted molar refractivity (Wildman–Crippen MR) is 283 cm³/mol. The average molecular weight is 860 g/mol. The van der Waals surface area contributed by atoms with Crippen LogP contribution < -0.4 is 9.80 Å². The largest absolute Gasteiger partial charge is 0.310 e. The molecule has 4 heteroatoms. The smallest absolute Gasteiger partial charge is 0.0640 e. The van der Waals surface area contributed by atoms with Crippen LogP contribution in [0.1, 0.15) is 0 Å². The first-order valence-corrected chi connectivity index (χ1v) is 23.3. The number of rotatable bonds is 8. The van der Waals surface area contributed by atoms with E-state index in [1.54, 1.807) is 0 Å². The number of benzene rings is 11. The number of hydrogen-bond donors (Lipinski definition) is 0. The lowest BCUT2D eigenvalue weighted by Crippen LogP contribution is -2.14. The van der Waals surface area contributed by atoms with Crippen LogP contribution in [0.5, 0.6) is 0 Å². The second-order valence-electron chi connectivity index (χ2n) is 16.9. The Balaban J connectivity index is 1.12. The van der Waals surface area contributed by atoms with Crippen molar-refractivity contribution in [1.29, 1.82) is 0 Å². The molecule has 11 aromatic carbocycles. The molecule has 0 saturated carbocycles. The highest BCUT2D eigenvalue weighted by Crippen LogP contribution is 2.49. The minimum absolute atomic E-state index is 1.05. The molecule has 0 spiro atoms. The first-order chi connectivity index (χ1) is 32.7. The number of fused-ring (bicyclic) bond motifs is 9. The zero-order valence-electron chi connectivity index (χ0n) is 35.9. The highest BCUT2D eigenvalue weighted by Gasteiger charge is 2.24. The van der Waals surface area contributed by atoms with Crippen LogP contribution in [0.15, 0.2) is 249 Å². The van der Waals surface area contributed by atoms with Gasteiger partial charge in [-0.2, -0.15) is 0 Å². The maximum absolute atomic E-state index is 2.47. The van der Waals surface area contributed by atoms with Crippen LogP contribution in [-0.2, 0) is 0 Å². The molecule has 66 heavy (non-hydrogen) atoms. The van der Waals surface area contributed by atoms with Gasteiger partial charge in [-0.25, -0.2) is 0 Å². The third-order valence-electron chi connectivity index (χ3n) is 13.1. The van der Waals surface area contributed by atoms with Crippen LogP contribution in [0.2, 0.25) is 0 Å². The van der Waals surface area contributed by atoms with Crippen molar-refractivity contribution in [3.8, 4) is 16.8 Å². The molecule has 310 valence electrons. The molecule has 0 N–H and O–H groups in total. The Morgan fingerprint density at radius 2 is 0.894 bits per heavy atom. The van der Waals surface area contributed by atoms with Gasteiger partial charge in [0.05, 0.1) is 21.4 Å². The first kappa shape index (κ1) is 38.1. The minimum Gasteiger partial charge on any atom is -0.310 e. The summed E-state index contributed by atoms with van der Waals surface area (Å²) in [5.74, 6) is 0. The normalized spacial score (nSPS) is 11.6. The Morgan fingerprint density at radius 3 is 1.67 bits per heavy atom. The average Bonchev–Trinajstić information content (AvgIpc) is 3.93. The van der Waals surface area contributed by atoms with Crippen molar-refractivity contribution in [3.05, 3.63) is 249 Å². The van der Waals surface area contributed by atoms with Gasteiger partial charge in [0.15, 0.2) is 0 Å². The second kappa shape index (κ2) is 15.7. The molecule has 13 aromatic rings.